The van der Waals surface area contributed by atoms with Gasteiger partial charge in [-0.2, -0.15) is 0 Å². The van der Waals surface area contributed by atoms with Crippen molar-refractivity contribution < 1.29 is 34.4 Å². The summed E-state index contributed by atoms with van der Waals surface area (Å²) in [6.07, 6.45) is -4.97. The molecule has 0 bridgehead atoms. The zero-order chi connectivity index (χ0) is 59.7. The van der Waals surface area contributed by atoms with Crippen LogP contribution in [0.15, 0.2) is 164 Å². The number of thiophene rings is 1. The molecular weight excluding hydrogens is 889 g/mol. The van der Waals surface area contributed by atoms with E-state index in [0.29, 0.717) is 65.7 Å². The van der Waals surface area contributed by atoms with Gasteiger partial charge in [-0.25, -0.2) is 0 Å². The first-order valence-electron chi connectivity index (χ1n) is 29.3. The van der Waals surface area contributed by atoms with Gasteiger partial charge in [0.25, 0.3) is 6.71 Å². The molecule has 1 atom stereocenters. The number of halogens is 3. The quantitative estimate of drug-likeness (QED) is 0.141. The molecule has 0 saturated carbocycles. The van der Waals surface area contributed by atoms with Crippen LogP contribution in [0.2, 0.25) is 0 Å². The van der Waals surface area contributed by atoms with Crippen LogP contribution in [0.25, 0.3) is 10.4 Å². The normalized spacial score (nSPS) is 17.7. The number of alkyl halides is 3. The number of fused-ring (bicyclic) bond motifs is 4. The molecule has 7 aromatic carbocycles. The van der Waals surface area contributed by atoms with Crippen molar-refractivity contribution in [1.29, 1.82) is 0 Å². The van der Waals surface area contributed by atoms with Crippen LogP contribution in [-0.2, 0) is 21.7 Å². The molecule has 0 radical (unpaired) electrons. The Kier molecular flexibility index (Phi) is 8.35. The van der Waals surface area contributed by atoms with Crippen molar-refractivity contribution in [3.8, 4) is 16.2 Å². The Bertz CT molecular complexity index is 3700. The third kappa shape index (κ3) is 8.42. The Balaban J connectivity index is 1.37. The van der Waals surface area contributed by atoms with Crippen LogP contribution in [0.1, 0.15) is 124 Å². The second kappa shape index (κ2) is 16.8. The van der Waals surface area contributed by atoms with Crippen LogP contribution in [0, 0.1) is 6.85 Å². The lowest BCUT2D eigenvalue weighted by Crippen LogP contribution is -2.61. The minimum atomic E-state index is -4.97. The molecule has 0 fully saturated rings. The molecule has 3 heterocycles. The lowest BCUT2D eigenvalue weighted by Gasteiger charge is -2.44. The molecule has 3 nitrogen and oxygen atoms in total. The molecule has 0 N–H and O–H groups in total. The highest BCUT2D eigenvalue weighted by Crippen LogP contribution is 2.50. The van der Waals surface area contributed by atoms with Crippen molar-refractivity contribution in [1.82, 2.24) is 0 Å². The maximum atomic E-state index is 13.8. The number of ether oxygens (including phenoxy) is 1. The Morgan fingerprint density at radius 1 is 0.500 bits per heavy atom. The molecule has 354 valence electrons. The highest BCUT2D eigenvalue weighted by molar-refractivity contribution is 7.23. The number of hydrogen-bond acceptors (Lipinski definition) is 4. The second-order valence-corrected chi connectivity index (χ2v) is 21.7. The number of rotatable bonds is 8. The van der Waals surface area contributed by atoms with E-state index in [1.807, 2.05) is 17.0 Å². The number of benzene rings is 7. The first kappa shape index (κ1) is 34.7. The fraction of sp³-hybridized carbons (Fsp3) is 0.258. The van der Waals surface area contributed by atoms with E-state index >= 15 is 0 Å². The highest BCUT2D eigenvalue weighted by atomic mass is 32.1. The molecule has 2 aliphatic heterocycles. The summed E-state index contributed by atoms with van der Waals surface area (Å²) in [5, 5.41) is 0.638. The average Bonchev–Trinajstić information content (AvgIpc) is 3.11. The van der Waals surface area contributed by atoms with Crippen LogP contribution < -0.4 is 30.9 Å². The van der Waals surface area contributed by atoms with E-state index in [9.17, 15) is 13.2 Å². The van der Waals surface area contributed by atoms with Gasteiger partial charge in [0.05, 0.1) is 5.00 Å². The van der Waals surface area contributed by atoms with Crippen LogP contribution in [0.5, 0.6) is 5.75 Å². The minimum absolute atomic E-state index is 0.0191. The zero-order valence-electron chi connectivity index (χ0n) is 52.0. The second-order valence-electron chi connectivity index (χ2n) is 20.7. The number of aryl methyl sites for hydroxylation is 1. The summed E-state index contributed by atoms with van der Waals surface area (Å²) in [7, 11) is 0. The third-order valence-electron chi connectivity index (χ3n) is 13.7. The summed E-state index contributed by atoms with van der Waals surface area (Å²) < 4.78 is 155. The van der Waals surface area contributed by atoms with E-state index in [-0.39, 0.29) is 22.4 Å². The summed E-state index contributed by atoms with van der Waals surface area (Å²) in [6, 6.07) is 45.4. The Morgan fingerprint density at radius 2 is 1.09 bits per heavy atom. The summed E-state index contributed by atoms with van der Waals surface area (Å²) in [4.78, 5) is 4.37. The lowest BCUT2D eigenvalue weighted by molar-refractivity contribution is -0.274. The Hall–Kier alpha value is -6.51. The van der Waals surface area contributed by atoms with Crippen molar-refractivity contribution in [2.45, 2.75) is 104 Å². The topological polar surface area (TPSA) is 15.7 Å². The fourth-order valence-corrected chi connectivity index (χ4v) is 11.1. The van der Waals surface area contributed by atoms with Gasteiger partial charge in [0.2, 0.25) is 0 Å². The number of hydrogen-bond donors (Lipinski definition) is 0. The molecule has 0 spiro atoms. The van der Waals surface area contributed by atoms with Gasteiger partial charge in [-0.1, -0.05) is 172 Å². The van der Waals surface area contributed by atoms with Gasteiger partial charge in [0.15, 0.2) is 0 Å². The van der Waals surface area contributed by atoms with Crippen molar-refractivity contribution in [3.05, 3.63) is 203 Å². The van der Waals surface area contributed by atoms with Gasteiger partial charge in [0, 0.05) is 60.6 Å². The standard InChI is InChI=1S/C62H60BF3N2OS/c1-39-30-53-56-54(31-39)68(48-35-45(58(2,3)4)33-46(36-48)59(5,6)7)57-51(38-55(70-57)40-20-18-27-49(32-40)69-62(64,65)66)63(56)50-29-28-44(61(10,11)42-23-16-13-17-24-42)37-52(50)67(53)47-26-19-25-43(34-47)60(8,9)41-21-14-12-15-22-41/h12-38H,1-11H3/i1D3,8D3,9D3,10D3. The highest BCUT2D eigenvalue weighted by Gasteiger charge is 2.46. The van der Waals surface area contributed by atoms with E-state index in [2.05, 4.69) is 64.5 Å². The number of nitrogens with zero attached hydrogens (tertiary/aromatic N) is 2. The van der Waals surface area contributed by atoms with Crippen molar-refractivity contribution in [2.24, 2.45) is 0 Å². The molecule has 0 saturated heterocycles. The van der Waals surface area contributed by atoms with E-state index in [1.54, 1.807) is 103 Å². The van der Waals surface area contributed by atoms with E-state index < -0.39 is 67.9 Å². The van der Waals surface area contributed by atoms with E-state index in [4.69, 9.17) is 16.4 Å². The third-order valence-corrected chi connectivity index (χ3v) is 14.9. The van der Waals surface area contributed by atoms with Gasteiger partial charge < -0.3 is 14.5 Å². The maximum absolute atomic E-state index is 13.8. The maximum Gasteiger partial charge on any atom is 0.573 e. The predicted octanol–water partition coefficient (Wildman–Crippen LogP) is 16.0. The zero-order valence-corrected chi connectivity index (χ0v) is 40.8. The Labute approximate surface area is 433 Å². The SMILES string of the molecule is [2H]C([2H])([2H])c1cc2c3c(c1)N(c1cc(C(C)(C)C)cc(C(C)(C)C)c1)c1sc(-c4cccc(OC(F)(F)F)c4)cc1B3c1ccc(C(C)(c3ccccc3)C([2H])([2H])[2H])cc1N2c1cccc(C(c2ccccc2)(C([2H])([2H])[2H])C([2H])([2H])[2H])c1. The summed E-state index contributed by atoms with van der Waals surface area (Å²) in [5.74, 6) is -0.425. The van der Waals surface area contributed by atoms with Crippen LogP contribution in [0.3, 0.4) is 0 Å². The molecule has 10 rings (SSSR count). The molecule has 2 aliphatic rings. The van der Waals surface area contributed by atoms with Crippen LogP contribution in [-0.4, -0.2) is 13.1 Å². The smallest absolute Gasteiger partial charge is 0.406 e. The van der Waals surface area contributed by atoms with Gasteiger partial charge in [-0.3, -0.25) is 0 Å². The van der Waals surface area contributed by atoms with Crippen LogP contribution >= 0.6 is 11.3 Å². The molecule has 0 amide bonds. The molecular formula is C62H60BF3N2OS. The first-order valence-corrected chi connectivity index (χ1v) is 24.1. The van der Waals surface area contributed by atoms with Gasteiger partial charge in [-0.15, -0.1) is 24.5 Å². The molecule has 8 heteroatoms. The molecule has 0 aliphatic carbocycles. The van der Waals surface area contributed by atoms with Crippen molar-refractivity contribution in [2.75, 3.05) is 9.80 Å². The average molecular weight is 961 g/mol. The molecule has 8 aromatic rings. The van der Waals surface area contributed by atoms with Crippen molar-refractivity contribution >= 4 is 67.9 Å². The molecule has 70 heavy (non-hydrogen) atoms. The first-order chi connectivity index (χ1) is 37.9. The minimum Gasteiger partial charge on any atom is -0.406 e. The Morgan fingerprint density at radius 3 is 1.70 bits per heavy atom. The monoisotopic (exact) mass is 961 g/mol. The predicted molar refractivity (Wildman–Crippen MR) is 290 cm³/mol. The van der Waals surface area contributed by atoms with E-state index in [1.165, 1.54) is 53.8 Å². The molecule has 1 unspecified atom stereocenters. The van der Waals surface area contributed by atoms with Gasteiger partial charge >= 0.3 is 6.36 Å². The van der Waals surface area contributed by atoms with Crippen molar-refractivity contribution in [3.63, 3.8) is 0 Å². The van der Waals surface area contributed by atoms with Gasteiger partial charge in [-0.05, 0) is 139 Å². The molecule has 1 aromatic heterocycles. The number of anilines is 6. The largest absolute Gasteiger partial charge is 0.573 e. The summed E-state index contributed by atoms with van der Waals surface area (Å²) >= 11 is 1.31. The van der Waals surface area contributed by atoms with E-state index in [0.717, 1.165) is 11.1 Å². The van der Waals surface area contributed by atoms with Gasteiger partial charge in [0.1, 0.15) is 5.75 Å². The fourth-order valence-electron chi connectivity index (χ4n) is 9.88. The summed E-state index contributed by atoms with van der Waals surface area (Å²) in [6.45, 7) is 1.72. The lowest BCUT2D eigenvalue weighted by atomic mass is 9.34. The van der Waals surface area contributed by atoms with Crippen LogP contribution in [0.4, 0.5) is 46.6 Å². The summed E-state index contributed by atoms with van der Waals surface area (Å²) in [5.41, 5.74) is 2.05.